The van der Waals surface area contributed by atoms with Gasteiger partial charge in [-0.2, -0.15) is 0 Å². The van der Waals surface area contributed by atoms with E-state index in [2.05, 4.69) is 5.32 Å². The van der Waals surface area contributed by atoms with Crippen molar-refractivity contribution >= 4 is 12.0 Å². The Balaban J connectivity index is 1.50. The molecule has 6 nitrogen and oxygen atoms in total. The third-order valence-electron chi connectivity index (χ3n) is 3.73. The molecule has 0 bridgehead atoms. The van der Waals surface area contributed by atoms with Crippen molar-refractivity contribution in [3.8, 4) is 5.75 Å². The third-order valence-corrected chi connectivity index (χ3v) is 3.73. The van der Waals surface area contributed by atoms with Crippen LogP contribution in [0.3, 0.4) is 0 Å². The lowest BCUT2D eigenvalue weighted by Crippen LogP contribution is -2.35. The molecule has 1 heterocycles. The van der Waals surface area contributed by atoms with E-state index in [4.69, 9.17) is 9.47 Å². The largest absolute Gasteiger partial charge is 0.497 e. The molecule has 2 fully saturated rings. The maximum Gasteiger partial charge on any atom is 0.410 e. The summed E-state index contributed by atoms with van der Waals surface area (Å²) in [6.07, 6.45) is 1.58. The Morgan fingerprint density at radius 2 is 2.10 bits per heavy atom. The molecule has 1 saturated carbocycles. The Bertz CT molecular complexity index is 539. The molecule has 2 amide bonds. The second-order valence-electron chi connectivity index (χ2n) is 5.33. The minimum atomic E-state index is -0.264. The van der Waals surface area contributed by atoms with E-state index >= 15 is 0 Å². The van der Waals surface area contributed by atoms with Gasteiger partial charge in [0.15, 0.2) is 0 Å². The molecule has 1 N–H and O–H groups in total. The van der Waals surface area contributed by atoms with E-state index in [1.54, 1.807) is 36.3 Å². The Hall–Kier alpha value is -2.24. The molecule has 112 valence electrons. The van der Waals surface area contributed by atoms with Crippen molar-refractivity contribution in [2.75, 3.05) is 20.2 Å². The molecule has 3 rings (SSSR count). The molecular formula is C15H18N2O4. The molecule has 1 saturated heterocycles. The number of rotatable bonds is 5. The summed E-state index contributed by atoms with van der Waals surface area (Å²) < 4.78 is 10.3. The van der Waals surface area contributed by atoms with E-state index in [9.17, 15) is 9.59 Å². The predicted molar refractivity (Wildman–Crippen MR) is 75.3 cm³/mol. The minimum Gasteiger partial charge on any atom is -0.497 e. The molecule has 1 atom stereocenters. The second-order valence-corrected chi connectivity index (χ2v) is 5.33. The topological polar surface area (TPSA) is 67.9 Å². The number of methoxy groups -OCH3 is 1. The zero-order valence-corrected chi connectivity index (χ0v) is 11.9. The van der Waals surface area contributed by atoms with Gasteiger partial charge in [-0.25, -0.2) is 4.79 Å². The average Bonchev–Trinajstić information content (AvgIpc) is 3.28. The lowest BCUT2D eigenvalue weighted by atomic mass is 10.2. The van der Waals surface area contributed by atoms with Crippen LogP contribution in [-0.2, 0) is 4.74 Å². The highest BCUT2D eigenvalue weighted by atomic mass is 16.6. The molecule has 1 aromatic carbocycles. The van der Waals surface area contributed by atoms with Crippen LogP contribution in [0.1, 0.15) is 23.2 Å². The maximum absolute atomic E-state index is 12.0. The number of cyclic esters (lactones) is 1. The van der Waals surface area contributed by atoms with Crippen LogP contribution in [0.15, 0.2) is 24.3 Å². The van der Waals surface area contributed by atoms with Crippen LogP contribution in [0, 0.1) is 0 Å². The highest BCUT2D eigenvalue weighted by molar-refractivity contribution is 5.94. The zero-order valence-electron chi connectivity index (χ0n) is 11.9. The first kappa shape index (κ1) is 13.7. The van der Waals surface area contributed by atoms with Crippen molar-refractivity contribution in [1.29, 1.82) is 0 Å². The highest BCUT2D eigenvalue weighted by Gasteiger charge is 2.40. The molecule has 6 heteroatoms. The van der Waals surface area contributed by atoms with Gasteiger partial charge in [0.05, 0.1) is 20.2 Å². The molecule has 1 unspecified atom stereocenters. The van der Waals surface area contributed by atoms with Gasteiger partial charge < -0.3 is 19.7 Å². The monoisotopic (exact) mass is 290 g/mol. The molecule has 21 heavy (non-hydrogen) atoms. The SMILES string of the molecule is COc1ccc(C(=O)NCC2CN(C3CC3)C(=O)O2)cc1. The fraction of sp³-hybridized carbons (Fsp3) is 0.467. The number of carbonyl (C=O) groups excluding carboxylic acids is 2. The Morgan fingerprint density at radius 3 is 2.71 bits per heavy atom. The summed E-state index contributed by atoms with van der Waals surface area (Å²) >= 11 is 0. The van der Waals surface area contributed by atoms with E-state index in [1.165, 1.54) is 0 Å². The number of hydrogen-bond acceptors (Lipinski definition) is 4. The van der Waals surface area contributed by atoms with Crippen molar-refractivity contribution in [2.24, 2.45) is 0 Å². The summed E-state index contributed by atoms with van der Waals surface area (Å²) in [5.41, 5.74) is 0.555. The fourth-order valence-electron chi connectivity index (χ4n) is 2.38. The van der Waals surface area contributed by atoms with Gasteiger partial charge in [0.2, 0.25) is 0 Å². The molecule has 0 aromatic heterocycles. The predicted octanol–water partition coefficient (Wildman–Crippen LogP) is 1.41. The number of amides is 2. The molecule has 0 spiro atoms. The molecule has 0 radical (unpaired) electrons. The fourth-order valence-corrected chi connectivity index (χ4v) is 2.38. The van der Waals surface area contributed by atoms with Crippen molar-refractivity contribution in [1.82, 2.24) is 10.2 Å². The van der Waals surface area contributed by atoms with Crippen LogP contribution in [0.2, 0.25) is 0 Å². The van der Waals surface area contributed by atoms with Gasteiger partial charge in [-0.15, -0.1) is 0 Å². The van der Waals surface area contributed by atoms with Crippen molar-refractivity contribution in [3.05, 3.63) is 29.8 Å². The van der Waals surface area contributed by atoms with Gasteiger partial charge in [0.25, 0.3) is 5.91 Å². The summed E-state index contributed by atoms with van der Waals surface area (Å²) in [7, 11) is 1.58. The van der Waals surface area contributed by atoms with Crippen LogP contribution >= 0.6 is 0 Å². The number of hydrogen-bond donors (Lipinski definition) is 1. The van der Waals surface area contributed by atoms with Gasteiger partial charge in [0, 0.05) is 11.6 Å². The maximum atomic E-state index is 12.0. The number of nitrogens with zero attached hydrogens (tertiary/aromatic N) is 1. The van der Waals surface area contributed by atoms with Crippen LogP contribution in [-0.4, -0.2) is 49.2 Å². The van der Waals surface area contributed by atoms with Crippen LogP contribution in [0.25, 0.3) is 0 Å². The first-order valence-electron chi connectivity index (χ1n) is 7.07. The van der Waals surface area contributed by atoms with E-state index in [0.717, 1.165) is 12.8 Å². The van der Waals surface area contributed by atoms with Crippen LogP contribution in [0.4, 0.5) is 4.79 Å². The van der Waals surface area contributed by atoms with E-state index in [1.807, 2.05) is 0 Å². The normalized spacial score (nSPS) is 21.1. The minimum absolute atomic E-state index is 0.182. The molecular weight excluding hydrogens is 272 g/mol. The number of ether oxygens (including phenoxy) is 2. The molecule has 1 aromatic rings. The number of benzene rings is 1. The summed E-state index contributed by atoms with van der Waals surface area (Å²) in [6, 6.07) is 7.22. The number of nitrogens with one attached hydrogen (secondary N) is 1. The van der Waals surface area contributed by atoms with Crippen LogP contribution in [0.5, 0.6) is 5.75 Å². The third kappa shape index (κ3) is 3.09. The van der Waals surface area contributed by atoms with Gasteiger partial charge in [-0.05, 0) is 37.1 Å². The van der Waals surface area contributed by atoms with E-state index < -0.39 is 0 Å². The Morgan fingerprint density at radius 1 is 1.38 bits per heavy atom. The molecule has 1 aliphatic carbocycles. The smallest absolute Gasteiger partial charge is 0.410 e. The summed E-state index contributed by atoms with van der Waals surface area (Å²) in [5, 5.41) is 2.80. The van der Waals surface area contributed by atoms with Crippen molar-refractivity contribution < 1.29 is 19.1 Å². The highest BCUT2D eigenvalue weighted by Crippen LogP contribution is 2.30. The van der Waals surface area contributed by atoms with Gasteiger partial charge in [0.1, 0.15) is 11.9 Å². The van der Waals surface area contributed by atoms with Gasteiger partial charge >= 0.3 is 6.09 Å². The van der Waals surface area contributed by atoms with Crippen LogP contribution < -0.4 is 10.1 Å². The summed E-state index contributed by atoms with van der Waals surface area (Å²) in [5.74, 6) is 0.523. The lowest BCUT2D eigenvalue weighted by molar-refractivity contribution is 0.0914. The quantitative estimate of drug-likeness (QED) is 0.890. The van der Waals surface area contributed by atoms with E-state index in [-0.39, 0.29) is 18.1 Å². The zero-order chi connectivity index (χ0) is 14.8. The average molecular weight is 290 g/mol. The lowest BCUT2D eigenvalue weighted by Gasteiger charge is -2.11. The number of carbonyl (C=O) groups is 2. The van der Waals surface area contributed by atoms with Gasteiger partial charge in [-0.1, -0.05) is 0 Å². The first-order valence-corrected chi connectivity index (χ1v) is 7.07. The van der Waals surface area contributed by atoms with Gasteiger partial charge in [-0.3, -0.25) is 4.79 Å². The van der Waals surface area contributed by atoms with E-state index in [0.29, 0.717) is 30.4 Å². The van der Waals surface area contributed by atoms with Crippen molar-refractivity contribution in [2.45, 2.75) is 25.0 Å². The summed E-state index contributed by atoms with van der Waals surface area (Å²) in [4.78, 5) is 25.4. The van der Waals surface area contributed by atoms with Crippen molar-refractivity contribution in [3.63, 3.8) is 0 Å². The second kappa shape index (κ2) is 5.63. The standard InChI is InChI=1S/C15H18N2O4/c1-20-12-6-2-10(3-7-12)14(18)16-8-13-9-17(11-4-5-11)15(19)21-13/h2-3,6-7,11,13H,4-5,8-9H2,1H3,(H,16,18). The Kier molecular flexibility index (Phi) is 3.68. The first-order chi connectivity index (χ1) is 10.2. The Labute approximate surface area is 123 Å². The summed E-state index contributed by atoms with van der Waals surface area (Å²) in [6.45, 7) is 0.895. The molecule has 1 aliphatic heterocycles. The molecule has 2 aliphatic rings.